The summed E-state index contributed by atoms with van der Waals surface area (Å²) in [6.07, 6.45) is 4.73. The lowest BCUT2D eigenvalue weighted by atomic mass is 10.2. The molecule has 0 spiro atoms. The molecule has 5 heteroatoms. The minimum absolute atomic E-state index is 0.254. The summed E-state index contributed by atoms with van der Waals surface area (Å²) < 4.78 is 16.1. The maximum absolute atomic E-state index is 13.5. The third-order valence-electron chi connectivity index (χ3n) is 2.99. The van der Waals surface area contributed by atoms with Crippen LogP contribution in [0.3, 0.4) is 0 Å². The Balaban J connectivity index is 2.10. The van der Waals surface area contributed by atoms with Crippen LogP contribution in [0.5, 0.6) is 0 Å². The highest BCUT2D eigenvalue weighted by Crippen LogP contribution is 2.24. The van der Waals surface area contributed by atoms with Gasteiger partial charge in [-0.15, -0.1) is 0 Å². The number of aryl methyl sites for hydroxylation is 2. The van der Waals surface area contributed by atoms with Gasteiger partial charge in [0.15, 0.2) is 0 Å². The molecule has 1 heterocycles. The Hall–Kier alpha value is -1.36. The molecular weight excluding hydrogens is 309 g/mol. The van der Waals surface area contributed by atoms with E-state index < -0.39 is 0 Å². The van der Waals surface area contributed by atoms with Crippen molar-refractivity contribution in [3.8, 4) is 0 Å². The lowest BCUT2D eigenvalue weighted by molar-refractivity contribution is 0.620. The molecule has 0 amide bonds. The molecule has 0 aliphatic carbocycles. The topological polar surface area (TPSA) is 29.9 Å². The van der Waals surface area contributed by atoms with Gasteiger partial charge in [0.25, 0.3) is 0 Å². The van der Waals surface area contributed by atoms with Crippen LogP contribution in [0.2, 0.25) is 0 Å². The van der Waals surface area contributed by atoms with Crippen LogP contribution in [-0.2, 0) is 13.1 Å². The summed E-state index contributed by atoms with van der Waals surface area (Å²) in [6.45, 7) is 5.67. The monoisotopic (exact) mass is 325 g/mol. The van der Waals surface area contributed by atoms with Crippen molar-refractivity contribution >= 4 is 21.6 Å². The molecule has 0 unspecified atom stereocenters. The van der Waals surface area contributed by atoms with Gasteiger partial charge >= 0.3 is 0 Å². The number of nitrogens with zero attached hydrogens (tertiary/aromatic N) is 2. The Bertz CT molecular complexity index is 566. The predicted molar refractivity (Wildman–Crippen MR) is 78.7 cm³/mol. The highest BCUT2D eigenvalue weighted by molar-refractivity contribution is 9.10. The highest BCUT2D eigenvalue weighted by Gasteiger charge is 2.06. The van der Waals surface area contributed by atoms with Gasteiger partial charge in [-0.3, -0.25) is 0 Å². The Morgan fingerprint density at radius 2 is 2.21 bits per heavy atom. The predicted octanol–water partition coefficient (Wildman–Crippen LogP) is 4.12. The number of benzene rings is 1. The molecule has 0 saturated heterocycles. The first kappa shape index (κ1) is 14.1. The Morgan fingerprint density at radius 1 is 1.42 bits per heavy atom. The van der Waals surface area contributed by atoms with E-state index in [1.54, 1.807) is 6.07 Å². The first-order chi connectivity index (χ1) is 9.11. The number of aromatic nitrogens is 2. The number of imidazole rings is 1. The number of rotatable bonds is 5. The smallest absolute Gasteiger partial charge is 0.139 e. The molecule has 1 aromatic carbocycles. The molecule has 19 heavy (non-hydrogen) atoms. The van der Waals surface area contributed by atoms with Gasteiger partial charge in [-0.05, 0) is 47.0 Å². The summed E-state index contributed by atoms with van der Waals surface area (Å²) >= 11 is 3.19. The molecular formula is C14H17BrFN3. The standard InChI is InChI=1S/C14H17BrFN3/c1-3-4-19-9-17-7-11(19)8-18-14-6-13(16)12(15)5-10(14)2/h5-7,9,18H,3-4,8H2,1-2H3. The van der Waals surface area contributed by atoms with Crippen molar-refractivity contribution in [1.29, 1.82) is 0 Å². The van der Waals surface area contributed by atoms with Gasteiger partial charge in [-0.2, -0.15) is 0 Å². The van der Waals surface area contributed by atoms with Gasteiger partial charge in [0.1, 0.15) is 5.82 Å². The number of halogens is 2. The minimum atomic E-state index is -0.254. The van der Waals surface area contributed by atoms with Crippen LogP contribution in [-0.4, -0.2) is 9.55 Å². The third-order valence-corrected chi connectivity index (χ3v) is 3.60. The summed E-state index contributed by atoms with van der Waals surface area (Å²) in [4.78, 5) is 4.15. The van der Waals surface area contributed by atoms with Crippen LogP contribution in [0.25, 0.3) is 0 Å². The van der Waals surface area contributed by atoms with Crippen molar-refractivity contribution in [1.82, 2.24) is 9.55 Å². The molecule has 3 nitrogen and oxygen atoms in total. The van der Waals surface area contributed by atoms with Gasteiger partial charge in [0.2, 0.25) is 0 Å². The molecule has 0 radical (unpaired) electrons. The summed E-state index contributed by atoms with van der Waals surface area (Å²) in [5.74, 6) is -0.254. The van der Waals surface area contributed by atoms with Crippen molar-refractivity contribution < 1.29 is 4.39 Å². The Morgan fingerprint density at radius 3 is 2.95 bits per heavy atom. The van der Waals surface area contributed by atoms with E-state index in [2.05, 4.69) is 37.7 Å². The summed E-state index contributed by atoms with van der Waals surface area (Å²) in [6, 6.07) is 3.29. The average Bonchev–Trinajstić information content (AvgIpc) is 2.80. The fourth-order valence-electron chi connectivity index (χ4n) is 1.96. The summed E-state index contributed by atoms with van der Waals surface area (Å²) in [7, 11) is 0. The molecule has 2 aromatic rings. The van der Waals surface area contributed by atoms with Crippen LogP contribution in [0, 0.1) is 12.7 Å². The lowest BCUT2D eigenvalue weighted by Gasteiger charge is -2.12. The quantitative estimate of drug-likeness (QED) is 0.896. The zero-order valence-electron chi connectivity index (χ0n) is 11.1. The molecule has 0 bridgehead atoms. The molecule has 0 aliphatic rings. The maximum Gasteiger partial charge on any atom is 0.139 e. The molecule has 0 saturated carbocycles. The largest absolute Gasteiger partial charge is 0.379 e. The van der Waals surface area contributed by atoms with E-state index in [1.165, 1.54) is 6.07 Å². The van der Waals surface area contributed by atoms with Gasteiger partial charge < -0.3 is 9.88 Å². The van der Waals surface area contributed by atoms with E-state index in [0.717, 1.165) is 29.9 Å². The molecule has 2 rings (SSSR count). The van der Waals surface area contributed by atoms with E-state index in [1.807, 2.05) is 19.4 Å². The molecule has 0 aliphatic heterocycles. The van der Waals surface area contributed by atoms with E-state index in [4.69, 9.17) is 0 Å². The summed E-state index contributed by atoms with van der Waals surface area (Å²) in [5, 5.41) is 3.26. The van der Waals surface area contributed by atoms with Crippen molar-refractivity contribution in [2.75, 3.05) is 5.32 Å². The first-order valence-electron chi connectivity index (χ1n) is 6.30. The molecule has 0 fully saturated rings. The van der Waals surface area contributed by atoms with Gasteiger partial charge in [-0.1, -0.05) is 6.92 Å². The van der Waals surface area contributed by atoms with E-state index in [0.29, 0.717) is 11.0 Å². The second-order valence-electron chi connectivity index (χ2n) is 4.51. The van der Waals surface area contributed by atoms with Crippen LogP contribution in [0.4, 0.5) is 10.1 Å². The average molecular weight is 326 g/mol. The highest BCUT2D eigenvalue weighted by atomic mass is 79.9. The normalized spacial score (nSPS) is 10.7. The maximum atomic E-state index is 13.5. The van der Waals surface area contributed by atoms with Gasteiger partial charge in [-0.25, -0.2) is 9.37 Å². The number of nitrogens with one attached hydrogen (secondary N) is 1. The molecule has 0 atom stereocenters. The first-order valence-corrected chi connectivity index (χ1v) is 7.09. The van der Waals surface area contributed by atoms with Crippen molar-refractivity contribution in [3.05, 3.63) is 46.2 Å². The van der Waals surface area contributed by atoms with Crippen LogP contribution < -0.4 is 5.32 Å². The van der Waals surface area contributed by atoms with Crippen molar-refractivity contribution in [2.24, 2.45) is 0 Å². The number of hydrogen-bond acceptors (Lipinski definition) is 2. The number of anilines is 1. The minimum Gasteiger partial charge on any atom is -0.379 e. The van der Waals surface area contributed by atoms with Crippen LogP contribution >= 0.6 is 15.9 Å². The van der Waals surface area contributed by atoms with Crippen molar-refractivity contribution in [2.45, 2.75) is 33.4 Å². The molecule has 102 valence electrons. The zero-order chi connectivity index (χ0) is 13.8. The Kier molecular flexibility index (Phi) is 4.58. The van der Waals surface area contributed by atoms with E-state index >= 15 is 0 Å². The van der Waals surface area contributed by atoms with E-state index in [9.17, 15) is 4.39 Å². The molecule has 1 N–H and O–H groups in total. The second-order valence-corrected chi connectivity index (χ2v) is 5.37. The van der Waals surface area contributed by atoms with Gasteiger partial charge in [0.05, 0.1) is 23.0 Å². The fourth-order valence-corrected chi connectivity index (χ4v) is 2.42. The van der Waals surface area contributed by atoms with Crippen LogP contribution in [0.15, 0.2) is 29.1 Å². The molecule has 1 aromatic heterocycles. The third kappa shape index (κ3) is 3.35. The zero-order valence-corrected chi connectivity index (χ0v) is 12.7. The summed E-state index contributed by atoms with van der Waals surface area (Å²) in [5.41, 5.74) is 2.92. The Labute approximate surface area is 121 Å². The van der Waals surface area contributed by atoms with Crippen LogP contribution in [0.1, 0.15) is 24.6 Å². The van der Waals surface area contributed by atoms with Gasteiger partial charge in [0, 0.05) is 18.4 Å². The fraction of sp³-hybridized carbons (Fsp3) is 0.357. The number of hydrogen-bond donors (Lipinski definition) is 1. The van der Waals surface area contributed by atoms with Crippen molar-refractivity contribution in [3.63, 3.8) is 0 Å². The van der Waals surface area contributed by atoms with E-state index in [-0.39, 0.29) is 5.82 Å². The second kappa shape index (κ2) is 6.19. The lowest BCUT2D eigenvalue weighted by Crippen LogP contribution is -2.08. The SMILES string of the molecule is CCCn1cncc1CNc1cc(F)c(Br)cc1C.